The lowest BCUT2D eigenvalue weighted by Crippen LogP contribution is -2.18. The first-order valence-electron chi connectivity index (χ1n) is 7.26. The van der Waals surface area contributed by atoms with Gasteiger partial charge in [0.05, 0.1) is 6.61 Å². The van der Waals surface area contributed by atoms with Gasteiger partial charge in [-0.1, -0.05) is 54.1 Å². The quantitative estimate of drug-likeness (QED) is 0.541. The Hall–Kier alpha value is -1.51. The number of halogens is 2. The van der Waals surface area contributed by atoms with Crippen LogP contribution in [0.4, 0.5) is 0 Å². The number of esters is 1. The topological polar surface area (TPSA) is 26.3 Å². The van der Waals surface area contributed by atoms with Crippen molar-refractivity contribution in [2.75, 3.05) is 6.61 Å². The predicted molar refractivity (Wildman–Crippen MR) is 91.5 cm³/mol. The van der Waals surface area contributed by atoms with Crippen LogP contribution in [0.2, 0.25) is 5.02 Å². The minimum atomic E-state index is -0.594. The summed E-state index contributed by atoms with van der Waals surface area (Å²) < 4.78 is 4.90. The van der Waals surface area contributed by atoms with E-state index in [2.05, 4.69) is 0 Å². The van der Waals surface area contributed by atoms with Crippen LogP contribution in [0.25, 0.3) is 11.1 Å². The van der Waals surface area contributed by atoms with Crippen molar-refractivity contribution in [1.29, 1.82) is 0 Å². The number of rotatable bonds is 6. The molecule has 0 heterocycles. The number of alkyl halides is 1. The van der Waals surface area contributed by atoms with E-state index in [0.717, 1.165) is 28.1 Å². The number of hydrogen-bond acceptors (Lipinski definition) is 2. The Labute approximate surface area is 141 Å². The first-order chi connectivity index (χ1) is 10.6. The van der Waals surface area contributed by atoms with Crippen molar-refractivity contribution >= 4 is 29.2 Å². The summed E-state index contributed by atoms with van der Waals surface area (Å²) in [7, 11) is 0. The summed E-state index contributed by atoms with van der Waals surface area (Å²) in [5, 5.41) is 0.140. The number of carbonyl (C=O) groups excluding carboxylic acids is 1. The fraction of sp³-hybridized carbons (Fsp3) is 0.278. The fourth-order valence-corrected chi connectivity index (χ4v) is 2.61. The fourth-order valence-electron chi connectivity index (χ4n) is 2.19. The zero-order valence-corrected chi connectivity index (χ0v) is 13.9. The third-order valence-electron chi connectivity index (χ3n) is 3.37. The Kier molecular flexibility index (Phi) is 6.29. The molecule has 0 radical (unpaired) electrons. The molecule has 2 aromatic rings. The van der Waals surface area contributed by atoms with Crippen molar-refractivity contribution in [3.05, 3.63) is 59.1 Å². The van der Waals surface area contributed by atoms with Crippen LogP contribution in [0.5, 0.6) is 0 Å². The Morgan fingerprint density at radius 1 is 1.14 bits per heavy atom. The van der Waals surface area contributed by atoms with Gasteiger partial charge in [-0.25, -0.2) is 0 Å². The molecule has 2 nitrogen and oxygen atoms in total. The van der Waals surface area contributed by atoms with Gasteiger partial charge < -0.3 is 4.74 Å². The Bertz CT molecular complexity index is 623. The highest BCUT2D eigenvalue weighted by Gasteiger charge is 2.16. The van der Waals surface area contributed by atoms with Crippen molar-refractivity contribution < 1.29 is 9.53 Å². The lowest BCUT2D eigenvalue weighted by molar-refractivity contribution is -0.142. The van der Waals surface area contributed by atoms with Crippen LogP contribution >= 0.6 is 23.2 Å². The maximum Gasteiger partial charge on any atom is 0.324 e. The van der Waals surface area contributed by atoms with E-state index in [0.29, 0.717) is 13.0 Å². The van der Waals surface area contributed by atoms with Crippen molar-refractivity contribution in [2.45, 2.75) is 25.1 Å². The van der Waals surface area contributed by atoms with E-state index < -0.39 is 5.38 Å². The molecule has 0 aliphatic heterocycles. The molecule has 0 aliphatic rings. The van der Waals surface area contributed by atoms with Gasteiger partial charge in [-0.15, -0.1) is 11.6 Å². The van der Waals surface area contributed by atoms with E-state index in [4.69, 9.17) is 27.9 Å². The number of aryl methyl sites for hydroxylation is 1. The van der Waals surface area contributed by atoms with Gasteiger partial charge in [0, 0.05) is 10.6 Å². The minimum Gasteiger partial charge on any atom is -0.465 e. The van der Waals surface area contributed by atoms with Crippen molar-refractivity contribution in [1.82, 2.24) is 0 Å². The van der Waals surface area contributed by atoms with E-state index >= 15 is 0 Å². The molecule has 0 saturated heterocycles. The van der Waals surface area contributed by atoms with Gasteiger partial charge in [0.2, 0.25) is 0 Å². The molecule has 1 unspecified atom stereocenters. The highest BCUT2D eigenvalue weighted by Crippen LogP contribution is 2.27. The second kappa shape index (κ2) is 8.21. The smallest absolute Gasteiger partial charge is 0.324 e. The van der Waals surface area contributed by atoms with E-state index in [9.17, 15) is 4.79 Å². The zero-order valence-electron chi connectivity index (χ0n) is 12.4. The number of carbonyl (C=O) groups is 1. The summed E-state index contributed by atoms with van der Waals surface area (Å²) >= 11 is 12.2. The van der Waals surface area contributed by atoms with E-state index in [1.54, 1.807) is 6.92 Å². The first kappa shape index (κ1) is 16.9. The maximum atomic E-state index is 11.5. The molecule has 22 heavy (non-hydrogen) atoms. The van der Waals surface area contributed by atoms with Crippen molar-refractivity contribution in [3.63, 3.8) is 0 Å². The van der Waals surface area contributed by atoms with Gasteiger partial charge in [-0.3, -0.25) is 4.79 Å². The molecule has 0 saturated carbocycles. The SMILES string of the molecule is CCOC(=O)C(Cl)CCc1ccc(-c2ccccc2Cl)cc1. The molecule has 0 aliphatic carbocycles. The Balaban J connectivity index is 1.98. The van der Waals surface area contributed by atoms with Crippen LogP contribution in [0.3, 0.4) is 0 Å². The summed E-state index contributed by atoms with van der Waals surface area (Å²) in [6, 6.07) is 15.9. The lowest BCUT2D eigenvalue weighted by atomic mass is 10.0. The molecule has 4 heteroatoms. The standard InChI is InChI=1S/C18H18Cl2O2/c1-2-22-18(21)17(20)12-9-13-7-10-14(11-8-13)15-5-3-4-6-16(15)19/h3-8,10-11,17H,2,9,12H2,1H3. The van der Waals surface area contributed by atoms with Gasteiger partial charge >= 0.3 is 5.97 Å². The average Bonchev–Trinajstić information content (AvgIpc) is 2.54. The lowest BCUT2D eigenvalue weighted by Gasteiger charge is -2.09. The third-order valence-corrected chi connectivity index (χ3v) is 4.09. The molecule has 0 bridgehead atoms. The highest BCUT2D eigenvalue weighted by atomic mass is 35.5. The van der Waals surface area contributed by atoms with Gasteiger partial charge in [-0.05, 0) is 37.0 Å². The maximum absolute atomic E-state index is 11.5. The molecular weight excluding hydrogens is 319 g/mol. The number of ether oxygens (including phenoxy) is 1. The van der Waals surface area contributed by atoms with Crippen LogP contribution in [0.15, 0.2) is 48.5 Å². The zero-order chi connectivity index (χ0) is 15.9. The van der Waals surface area contributed by atoms with E-state index in [1.165, 1.54) is 0 Å². The van der Waals surface area contributed by atoms with Crippen molar-refractivity contribution in [3.8, 4) is 11.1 Å². The van der Waals surface area contributed by atoms with Crippen LogP contribution < -0.4 is 0 Å². The van der Waals surface area contributed by atoms with Crippen molar-refractivity contribution in [2.24, 2.45) is 0 Å². The van der Waals surface area contributed by atoms with Crippen LogP contribution in [0.1, 0.15) is 18.9 Å². The Morgan fingerprint density at radius 2 is 1.82 bits per heavy atom. The van der Waals surface area contributed by atoms with Crippen LogP contribution in [-0.4, -0.2) is 18.0 Å². The van der Waals surface area contributed by atoms with E-state index in [1.807, 2.05) is 48.5 Å². The molecule has 0 amide bonds. The van der Waals surface area contributed by atoms with Gasteiger partial charge in [0.15, 0.2) is 0 Å². The molecule has 0 aromatic heterocycles. The van der Waals surface area contributed by atoms with E-state index in [-0.39, 0.29) is 5.97 Å². The van der Waals surface area contributed by atoms with Crippen LogP contribution in [-0.2, 0) is 16.0 Å². The highest BCUT2D eigenvalue weighted by molar-refractivity contribution is 6.33. The molecule has 0 N–H and O–H groups in total. The monoisotopic (exact) mass is 336 g/mol. The minimum absolute atomic E-state index is 0.350. The first-order valence-corrected chi connectivity index (χ1v) is 8.07. The van der Waals surface area contributed by atoms with Crippen LogP contribution in [0, 0.1) is 0 Å². The molecular formula is C18H18Cl2O2. The Morgan fingerprint density at radius 3 is 2.45 bits per heavy atom. The predicted octanol–water partition coefficient (Wildman–Crippen LogP) is 5.11. The van der Waals surface area contributed by atoms with Gasteiger partial charge in [0.1, 0.15) is 5.38 Å². The summed E-state index contributed by atoms with van der Waals surface area (Å²) in [5.74, 6) is -0.350. The molecule has 0 spiro atoms. The summed E-state index contributed by atoms with van der Waals surface area (Å²) in [6.45, 7) is 2.13. The largest absolute Gasteiger partial charge is 0.465 e. The molecule has 2 rings (SSSR count). The molecule has 0 fully saturated rings. The molecule has 116 valence electrons. The second-order valence-electron chi connectivity index (χ2n) is 4.94. The second-order valence-corrected chi connectivity index (χ2v) is 5.87. The number of hydrogen-bond donors (Lipinski definition) is 0. The summed E-state index contributed by atoms with van der Waals surface area (Å²) in [5.41, 5.74) is 3.21. The summed E-state index contributed by atoms with van der Waals surface area (Å²) in [6.07, 6.45) is 1.29. The van der Waals surface area contributed by atoms with Gasteiger partial charge in [-0.2, -0.15) is 0 Å². The number of benzene rings is 2. The molecule has 2 aromatic carbocycles. The van der Waals surface area contributed by atoms with Gasteiger partial charge in [0.25, 0.3) is 0 Å². The third kappa shape index (κ3) is 4.49. The normalized spacial score (nSPS) is 12.0. The summed E-state index contributed by atoms with van der Waals surface area (Å²) in [4.78, 5) is 11.5. The average molecular weight is 337 g/mol. The molecule has 1 atom stereocenters.